The Bertz CT molecular complexity index is 1010. The summed E-state index contributed by atoms with van der Waals surface area (Å²) in [5.74, 6) is 0.712. The number of hydrogen-bond acceptors (Lipinski definition) is 3. The molecule has 1 fully saturated rings. The molecule has 1 saturated heterocycles. The van der Waals surface area contributed by atoms with Gasteiger partial charge in [-0.05, 0) is 71.3 Å². The van der Waals surface area contributed by atoms with E-state index in [2.05, 4.69) is 105 Å². The minimum atomic E-state index is -2.43. The van der Waals surface area contributed by atoms with E-state index in [4.69, 9.17) is 10.2 Å². The summed E-state index contributed by atoms with van der Waals surface area (Å²) < 4.78 is 7.12. The molecule has 3 aromatic rings. The molecule has 3 aromatic carbocycles. The lowest BCUT2D eigenvalue weighted by atomic mass is 9.93. The molecule has 4 heteroatoms. The minimum Gasteiger partial charge on any atom is -0.407 e. The summed E-state index contributed by atoms with van der Waals surface area (Å²) in [6, 6.07) is 28.4. The molecule has 34 heavy (non-hydrogen) atoms. The van der Waals surface area contributed by atoms with Crippen LogP contribution in [-0.4, -0.2) is 28.0 Å². The number of rotatable bonds is 7. The first-order valence-electron chi connectivity index (χ1n) is 12.7. The second-order valence-corrected chi connectivity index (χ2v) is 15.1. The Morgan fingerprint density at radius 1 is 0.882 bits per heavy atom. The van der Waals surface area contributed by atoms with E-state index in [0.717, 1.165) is 31.8 Å². The van der Waals surface area contributed by atoms with Crippen molar-refractivity contribution in [1.29, 1.82) is 0 Å². The summed E-state index contributed by atoms with van der Waals surface area (Å²) in [4.78, 5) is 2.51. The average molecular weight is 473 g/mol. The van der Waals surface area contributed by atoms with Crippen LogP contribution in [0.5, 0.6) is 0 Å². The van der Waals surface area contributed by atoms with E-state index in [1.807, 2.05) is 6.07 Å². The van der Waals surface area contributed by atoms with Gasteiger partial charge in [-0.3, -0.25) is 0 Å². The maximum atomic E-state index is 7.12. The summed E-state index contributed by atoms with van der Waals surface area (Å²) in [7, 11) is -2.43. The van der Waals surface area contributed by atoms with Crippen LogP contribution in [-0.2, 0) is 4.43 Å². The number of nitrogen functional groups attached to an aromatic ring is 1. The molecule has 0 atom stereocenters. The molecule has 0 bridgehead atoms. The number of piperidine rings is 1. The van der Waals surface area contributed by atoms with E-state index < -0.39 is 8.32 Å². The molecule has 4 rings (SSSR count). The topological polar surface area (TPSA) is 38.5 Å². The molecule has 0 amide bonds. The molecular weight excluding hydrogens is 432 g/mol. The Morgan fingerprint density at radius 3 is 1.94 bits per heavy atom. The van der Waals surface area contributed by atoms with Gasteiger partial charge in [-0.1, -0.05) is 81.4 Å². The Hall–Kier alpha value is -2.56. The molecule has 3 nitrogen and oxygen atoms in total. The van der Waals surface area contributed by atoms with E-state index in [9.17, 15) is 0 Å². The molecule has 180 valence electrons. The molecule has 0 aromatic heterocycles. The zero-order chi connectivity index (χ0) is 24.2. The van der Waals surface area contributed by atoms with Gasteiger partial charge in [0.15, 0.2) is 0 Å². The van der Waals surface area contributed by atoms with E-state index in [1.165, 1.54) is 34.5 Å². The molecular formula is C30H40N2OSi. The summed E-state index contributed by atoms with van der Waals surface area (Å²) in [6.07, 6.45) is 3.56. The molecule has 1 aliphatic rings. The Balaban J connectivity index is 1.45. The highest BCUT2D eigenvalue weighted by Crippen LogP contribution is 2.37. The number of aryl methyl sites for hydroxylation is 1. The SMILES string of the molecule is Cc1cc(N2CCC(CCO[Si](c3ccccc3)(c3ccccc3)C(C)(C)C)CC2)ccc1N. The lowest BCUT2D eigenvalue weighted by Crippen LogP contribution is -2.66. The first-order valence-corrected chi connectivity index (χ1v) is 14.6. The van der Waals surface area contributed by atoms with Crippen molar-refractivity contribution in [3.8, 4) is 0 Å². The van der Waals surface area contributed by atoms with Gasteiger partial charge >= 0.3 is 0 Å². The number of hydrogen-bond donors (Lipinski definition) is 1. The van der Waals surface area contributed by atoms with Crippen LogP contribution < -0.4 is 21.0 Å². The van der Waals surface area contributed by atoms with Crippen LogP contribution in [0, 0.1) is 12.8 Å². The quantitative estimate of drug-likeness (QED) is 0.351. The predicted molar refractivity (Wildman–Crippen MR) is 149 cm³/mol. The lowest BCUT2D eigenvalue weighted by Gasteiger charge is -2.43. The molecule has 0 unspecified atom stereocenters. The first kappa shape index (κ1) is 24.6. The van der Waals surface area contributed by atoms with Crippen LogP contribution >= 0.6 is 0 Å². The van der Waals surface area contributed by atoms with Gasteiger partial charge in [0.2, 0.25) is 0 Å². The maximum Gasteiger partial charge on any atom is 0.261 e. The highest BCUT2D eigenvalue weighted by Gasteiger charge is 2.50. The fourth-order valence-electron chi connectivity index (χ4n) is 5.48. The van der Waals surface area contributed by atoms with Gasteiger partial charge in [0, 0.05) is 31.1 Å². The van der Waals surface area contributed by atoms with Crippen LogP contribution in [0.25, 0.3) is 0 Å². The van der Waals surface area contributed by atoms with E-state index in [1.54, 1.807) is 0 Å². The van der Waals surface area contributed by atoms with Gasteiger partial charge in [-0.25, -0.2) is 0 Å². The highest BCUT2D eigenvalue weighted by molar-refractivity contribution is 6.99. The Kier molecular flexibility index (Phi) is 7.49. The average Bonchev–Trinajstić information content (AvgIpc) is 2.84. The van der Waals surface area contributed by atoms with Crippen molar-refractivity contribution >= 4 is 30.1 Å². The van der Waals surface area contributed by atoms with Crippen LogP contribution in [0.1, 0.15) is 45.6 Å². The van der Waals surface area contributed by atoms with E-state index >= 15 is 0 Å². The minimum absolute atomic E-state index is 0.0338. The predicted octanol–water partition coefficient (Wildman–Crippen LogP) is 5.76. The van der Waals surface area contributed by atoms with Gasteiger partial charge in [0.05, 0.1) is 0 Å². The molecule has 0 radical (unpaired) electrons. The molecule has 1 heterocycles. The highest BCUT2D eigenvalue weighted by atomic mass is 28.4. The van der Waals surface area contributed by atoms with Gasteiger partial charge in [-0.15, -0.1) is 0 Å². The monoisotopic (exact) mass is 472 g/mol. The number of nitrogens with two attached hydrogens (primary N) is 1. The molecule has 0 saturated carbocycles. The second-order valence-electron chi connectivity index (χ2n) is 10.8. The van der Waals surface area contributed by atoms with Crippen molar-refractivity contribution < 1.29 is 4.43 Å². The van der Waals surface area contributed by atoms with Crippen LogP contribution in [0.15, 0.2) is 78.9 Å². The fraction of sp³-hybridized carbons (Fsp3) is 0.400. The zero-order valence-corrected chi connectivity index (χ0v) is 22.3. The second kappa shape index (κ2) is 10.4. The number of nitrogens with zero attached hydrogens (tertiary/aromatic N) is 1. The van der Waals surface area contributed by atoms with Crippen LogP contribution in [0.3, 0.4) is 0 Å². The van der Waals surface area contributed by atoms with Crippen molar-refractivity contribution in [2.24, 2.45) is 5.92 Å². The lowest BCUT2D eigenvalue weighted by molar-refractivity contribution is 0.246. The fourth-order valence-corrected chi connectivity index (χ4v) is 10.1. The van der Waals surface area contributed by atoms with E-state index in [0.29, 0.717) is 5.92 Å². The smallest absolute Gasteiger partial charge is 0.261 e. The third-order valence-electron chi connectivity index (χ3n) is 7.49. The Labute approximate surface area is 207 Å². The molecule has 0 aliphatic carbocycles. The standard InChI is InChI=1S/C30H40N2OSi/c1-24-23-26(15-16-29(24)31)32-20-17-25(18-21-32)19-22-33-34(30(2,3)4,27-11-7-5-8-12-27)28-13-9-6-10-14-28/h5-16,23,25H,17-22,31H2,1-4H3. The van der Waals surface area contributed by atoms with Gasteiger partial charge in [-0.2, -0.15) is 0 Å². The summed E-state index contributed by atoms with van der Waals surface area (Å²) in [5, 5.41) is 2.76. The van der Waals surface area contributed by atoms with Crippen molar-refractivity contribution in [2.75, 3.05) is 30.3 Å². The third-order valence-corrected chi connectivity index (χ3v) is 12.5. The Morgan fingerprint density at radius 2 is 1.44 bits per heavy atom. The molecule has 2 N–H and O–H groups in total. The van der Waals surface area contributed by atoms with Crippen LogP contribution in [0.4, 0.5) is 11.4 Å². The first-order chi connectivity index (χ1) is 16.3. The van der Waals surface area contributed by atoms with Gasteiger partial charge < -0.3 is 15.1 Å². The summed E-state index contributed by atoms with van der Waals surface area (Å²) >= 11 is 0. The molecule has 1 aliphatic heterocycles. The van der Waals surface area contributed by atoms with Crippen molar-refractivity contribution in [3.63, 3.8) is 0 Å². The summed E-state index contributed by atoms with van der Waals surface area (Å²) in [6.45, 7) is 12.2. The number of anilines is 2. The van der Waals surface area contributed by atoms with Crippen LogP contribution in [0.2, 0.25) is 5.04 Å². The third kappa shape index (κ3) is 5.08. The van der Waals surface area contributed by atoms with Gasteiger partial charge in [0.1, 0.15) is 0 Å². The summed E-state index contributed by atoms with van der Waals surface area (Å²) in [5.41, 5.74) is 9.35. The van der Waals surface area contributed by atoms with E-state index in [-0.39, 0.29) is 5.04 Å². The largest absolute Gasteiger partial charge is 0.407 e. The van der Waals surface area contributed by atoms with Gasteiger partial charge in [0.25, 0.3) is 8.32 Å². The zero-order valence-electron chi connectivity index (χ0n) is 21.3. The van der Waals surface area contributed by atoms with Crippen molar-refractivity contribution in [2.45, 2.75) is 52.0 Å². The normalized spacial score (nSPS) is 15.5. The maximum absolute atomic E-state index is 7.12. The molecule has 0 spiro atoms. The number of benzene rings is 3. The van der Waals surface area contributed by atoms with Crippen molar-refractivity contribution in [3.05, 3.63) is 84.4 Å². The van der Waals surface area contributed by atoms with Crippen molar-refractivity contribution in [1.82, 2.24) is 0 Å².